The van der Waals surface area contributed by atoms with Gasteiger partial charge in [-0.1, -0.05) is 42.5 Å². The highest BCUT2D eigenvalue weighted by atomic mass is 16.6. The highest BCUT2D eigenvalue weighted by Crippen LogP contribution is 2.33. The topological polar surface area (TPSA) is 140 Å². The van der Waals surface area contributed by atoms with E-state index in [0.29, 0.717) is 31.0 Å². The van der Waals surface area contributed by atoms with Crippen molar-refractivity contribution >= 4 is 22.8 Å². The number of aromatic nitrogens is 4. The van der Waals surface area contributed by atoms with E-state index in [1.54, 1.807) is 16.7 Å². The molecular weight excluding hydrogens is 416 g/mol. The quantitative estimate of drug-likeness (QED) is 0.225. The molecule has 0 unspecified atom stereocenters. The molecule has 32 heavy (non-hydrogen) atoms. The number of rotatable bonds is 10. The van der Waals surface area contributed by atoms with Gasteiger partial charge in [-0.15, -0.1) is 0 Å². The smallest absolute Gasteiger partial charge is 0.311 e. The van der Waals surface area contributed by atoms with Gasteiger partial charge in [-0.25, -0.2) is 4.98 Å². The number of benzene rings is 2. The van der Waals surface area contributed by atoms with Gasteiger partial charge in [-0.05, 0) is 11.6 Å². The van der Waals surface area contributed by atoms with Gasteiger partial charge in [0.25, 0.3) is 5.88 Å². The number of nitrogens with zero attached hydrogens (tertiary/aromatic N) is 5. The summed E-state index contributed by atoms with van der Waals surface area (Å²) in [6, 6.07) is 15.8. The Hall–Kier alpha value is -4.09. The molecule has 0 bridgehead atoms. The van der Waals surface area contributed by atoms with Gasteiger partial charge in [0.1, 0.15) is 6.73 Å². The van der Waals surface area contributed by atoms with Crippen molar-refractivity contribution in [3.05, 3.63) is 76.6 Å². The maximum absolute atomic E-state index is 11.2. The fourth-order valence-corrected chi connectivity index (χ4v) is 2.94. The Bertz CT molecular complexity index is 1210. The van der Waals surface area contributed by atoms with Crippen LogP contribution in [0.1, 0.15) is 5.56 Å². The predicted molar refractivity (Wildman–Crippen MR) is 115 cm³/mol. The molecule has 0 atom stereocenters. The molecule has 0 fully saturated rings. The van der Waals surface area contributed by atoms with Gasteiger partial charge >= 0.3 is 5.69 Å². The van der Waals surface area contributed by atoms with Crippen LogP contribution in [-0.2, 0) is 22.8 Å². The van der Waals surface area contributed by atoms with Crippen molar-refractivity contribution in [2.24, 2.45) is 0 Å². The van der Waals surface area contributed by atoms with Crippen molar-refractivity contribution < 1.29 is 19.1 Å². The monoisotopic (exact) mass is 436 g/mol. The number of nitrogens with two attached hydrogens (primary N) is 1. The van der Waals surface area contributed by atoms with E-state index in [-0.39, 0.29) is 30.0 Å². The number of nitrogen functional groups attached to an aromatic ring is 1. The van der Waals surface area contributed by atoms with Gasteiger partial charge in [0.2, 0.25) is 11.7 Å². The third kappa shape index (κ3) is 4.96. The summed E-state index contributed by atoms with van der Waals surface area (Å²) in [6.07, 6.45) is 1.51. The van der Waals surface area contributed by atoms with Crippen LogP contribution < -0.4 is 10.5 Å². The molecule has 0 aliphatic heterocycles. The van der Waals surface area contributed by atoms with Crippen molar-refractivity contribution in [3.8, 4) is 11.6 Å². The molecular formula is C21H20N6O5. The average Bonchev–Trinajstić information content (AvgIpc) is 3.20. The molecule has 0 radical (unpaired) electrons. The lowest BCUT2D eigenvalue weighted by atomic mass is 10.2. The van der Waals surface area contributed by atoms with E-state index < -0.39 is 4.92 Å². The van der Waals surface area contributed by atoms with Crippen LogP contribution >= 0.6 is 0 Å². The van der Waals surface area contributed by atoms with Gasteiger partial charge in [0.15, 0.2) is 11.2 Å². The molecule has 4 rings (SSSR count). The maximum atomic E-state index is 11.2. The first-order valence-electron chi connectivity index (χ1n) is 9.71. The summed E-state index contributed by atoms with van der Waals surface area (Å²) in [5.74, 6) is -0.0102. The molecule has 2 aromatic carbocycles. The lowest BCUT2D eigenvalue weighted by molar-refractivity contribution is -0.385. The molecule has 0 aliphatic rings. The van der Waals surface area contributed by atoms with Crippen LogP contribution in [0.3, 0.4) is 0 Å². The Morgan fingerprint density at radius 3 is 2.56 bits per heavy atom. The van der Waals surface area contributed by atoms with Crippen LogP contribution in [0.15, 0.2) is 60.9 Å². The molecule has 4 aromatic rings. The summed E-state index contributed by atoms with van der Waals surface area (Å²) in [5.41, 5.74) is 7.40. The molecule has 2 N–H and O–H groups in total. The molecule has 0 amide bonds. The third-order valence-electron chi connectivity index (χ3n) is 4.43. The first-order valence-corrected chi connectivity index (χ1v) is 9.71. The van der Waals surface area contributed by atoms with Crippen LogP contribution in [0.25, 0.3) is 11.2 Å². The Kier molecular flexibility index (Phi) is 6.49. The SMILES string of the molecule is Nc1nc(Oc2ccccc2[N+](=O)[O-])c2ncn(COCCOCc3ccccc3)c2n1. The molecule has 11 nitrogen and oxygen atoms in total. The van der Waals surface area contributed by atoms with Crippen LogP contribution in [0.5, 0.6) is 11.6 Å². The minimum Gasteiger partial charge on any atom is -0.429 e. The number of nitro groups is 1. The molecule has 0 aliphatic carbocycles. The Morgan fingerprint density at radius 2 is 1.75 bits per heavy atom. The Balaban J connectivity index is 1.40. The van der Waals surface area contributed by atoms with Gasteiger partial charge < -0.3 is 19.9 Å². The minimum atomic E-state index is -0.538. The maximum Gasteiger partial charge on any atom is 0.311 e. The minimum absolute atomic E-state index is 0.0201. The van der Waals surface area contributed by atoms with E-state index in [1.165, 1.54) is 18.5 Å². The van der Waals surface area contributed by atoms with E-state index in [0.717, 1.165) is 5.56 Å². The lowest BCUT2D eigenvalue weighted by Crippen LogP contribution is -2.09. The summed E-state index contributed by atoms with van der Waals surface area (Å²) in [5, 5.41) is 11.2. The van der Waals surface area contributed by atoms with Crippen LogP contribution in [-0.4, -0.2) is 37.7 Å². The van der Waals surface area contributed by atoms with Crippen molar-refractivity contribution in [1.82, 2.24) is 19.5 Å². The zero-order valence-electron chi connectivity index (χ0n) is 17.0. The van der Waals surface area contributed by atoms with E-state index in [9.17, 15) is 10.1 Å². The normalized spacial score (nSPS) is 11.0. The van der Waals surface area contributed by atoms with E-state index in [1.807, 2.05) is 30.3 Å². The number of anilines is 1. The molecule has 0 saturated carbocycles. The second kappa shape index (κ2) is 9.81. The number of imidazole rings is 1. The largest absolute Gasteiger partial charge is 0.429 e. The third-order valence-corrected chi connectivity index (χ3v) is 4.43. The number of hydrogen-bond acceptors (Lipinski definition) is 9. The Labute approximate surface area is 182 Å². The van der Waals surface area contributed by atoms with Crippen LogP contribution in [0, 0.1) is 10.1 Å². The zero-order chi connectivity index (χ0) is 22.3. The number of hydrogen-bond donors (Lipinski definition) is 1. The summed E-state index contributed by atoms with van der Waals surface area (Å²) in [6.45, 7) is 1.46. The summed E-state index contributed by atoms with van der Waals surface area (Å²) >= 11 is 0. The van der Waals surface area contributed by atoms with Gasteiger partial charge in [0, 0.05) is 6.07 Å². The van der Waals surface area contributed by atoms with Crippen LogP contribution in [0.2, 0.25) is 0 Å². The lowest BCUT2D eigenvalue weighted by Gasteiger charge is -2.08. The second-order valence-electron chi connectivity index (χ2n) is 6.68. The fraction of sp³-hybridized carbons (Fsp3) is 0.190. The highest BCUT2D eigenvalue weighted by molar-refractivity contribution is 5.78. The number of ether oxygens (including phenoxy) is 3. The summed E-state index contributed by atoms with van der Waals surface area (Å²) < 4.78 is 18.5. The predicted octanol–water partition coefficient (Wildman–Crippen LogP) is 3.30. The molecule has 2 aromatic heterocycles. The average molecular weight is 436 g/mol. The number of nitro benzene ring substituents is 1. The van der Waals surface area contributed by atoms with Gasteiger partial charge in [0.05, 0.1) is 31.1 Å². The van der Waals surface area contributed by atoms with Crippen molar-refractivity contribution in [2.45, 2.75) is 13.3 Å². The fourth-order valence-electron chi connectivity index (χ4n) is 2.94. The first kappa shape index (κ1) is 21.2. The summed E-state index contributed by atoms with van der Waals surface area (Å²) in [7, 11) is 0. The molecule has 164 valence electrons. The molecule has 2 heterocycles. The van der Waals surface area contributed by atoms with Crippen LogP contribution in [0.4, 0.5) is 11.6 Å². The highest BCUT2D eigenvalue weighted by Gasteiger charge is 2.19. The van der Waals surface area contributed by atoms with Crippen molar-refractivity contribution in [1.29, 1.82) is 0 Å². The summed E-state index contributed by atoms with van der Waals surface area (Å²) in [4.78, 5) is 23.2. The first-order chi connectivity index (χ1) is 15.6. The van der Waals surface area contributed by atoms with E-state index >= 15 is 0 Å². The van der Waals surface area contributed by atoms with E-state index in [2.05, 4.69) is 15.0 Å². The molecule has 0 spiro atoms. The van der Waals surface area contributed by atoms with Gasteiger partial charge in [-0.2, -0.15) is 9.97 Å². The molecule has 11 heteroatoms. The number of para-hydroxylation sites is 2. The second-order valence-corrected chi connectivity index (χ2v) is 6.68. The zero-order valence-corrected chi connectivity index (χ0v) is 17.0. The van der Waals surface area contributed by atoms with Gasteiger partial charge in [-0.3, -0.25) is 14.7 Å². The van der Waals surface area contributed by atoms with Crippen molar-refractivity contribution in [2.75, 3.05) is 18.9 Å². The van der Waals surface area contributed by atoms with E-state index in [4.69, 9.17) is 19.9 Å². The number of fused-ring (bicyclic) bond motifs is 1. The molecule has 0 saturated heterocycles. The standard InChI is InChI=1S/C21H20N6O5/c22-21-24-19-18(20(25-21)32-17-9-5-4-8-16(17)27(28)29)23-13-26(19)14-31-11-10-30-12-15-6-2-1-3-7-15/h1-9,13H,10-12,14H2,(H2,22,24,25). The Morgan fingerprint density at radius 1 is 1.00 bits per heavy atom. The van der Waals surface area contributed by atoms with Crippen molar-refractivity contribution in [3.63, 3.8) is 0 Å².